The lowest BCUT2D eigenvalue weighted by Crippen LogP contribution is -2.24. The second kappa shape index (κ2) is 10.2. The number of nitrogens with zero attached hydrogens (tertiary/aromatic N) is 3. The average Bonchev–Trinajstić information content (AvgIpc) is 3.02. The molecule has 0 radical (unpaired) electrons. The third-order valence-electron chi connectivity index (χ3n) is 4.70. The van der Waals surface area contributed by atoms with Gasteiger partial charge in [-0.05, 0) is 31.5 Å². The maximum absolute atomic E-state index is 12.9. The SMILES string of the molecule is COCCOc1ncccc1CNC(=O)c1c(C)nn(Cc2ccccc2Cl)c1C. The van der Waals surface area contributed by atoms with Crippen LogP contribution in [-0.2, 0) is 17.8 Å². The molecule has 0 aliphatic heterocycles. The van der Waals surface area contributed by atoms with Crippen LogP contribution in [0.5, 0.6) is 5.88 Å². The maximum atomic E-state index is 12.9. The summed E-state index contributed by atoms with van der Waals surface area (Å²) in [5.41, 5.74) is 3.76. The number of nitrogens with one attached hydrogen (secondary N) is 1. The summed E-state index contributed by atoms with van der Waals surface area (Å²) in [5.74, 6) is 0.291. The number of carbonyl (C=O) groups is 1. The summed E-state index contributed by atoms with van der Waals surface area (Å²) in [4.78, 5) is 17.1. The van der Waals surface area contributed by atoms with Gasteiger partial charge in [0.2, 0.25) is 5.88 Å². The Kier molecular flexibility index (Phi) is 7.43. The highest BCUT2D eigenvalue weighted by Crippen LogP contribution is 2.20. The van der Waals surface area contributed by atoms with Crippen molar-refractivity contribution in [1.29, 1.82) is 0 Å². The minimum absolute atomic E-state index is 0.192. The number of aryl methyl sites for hydroxylation is 1. The van der Waals surface area contributed by atoms with Crippen LogP contribution in [0, 0.1) is 13.8 Å². The molecule has 0 aliphatic rings. The van der Waals surface area contributed by atoms with Crippen molar-refractivity contribution < 1.29 is 14.3 Å². The van der Waals surface area contributed by atoms with E-state index in [1.807, 2.05) is 50.2 Å². The number of rotatable bonds is 9. The molecule has 2 aromatic heterocycles. The van der Waals surface area contributed by atoms with E-state index in [0.717, 1.165) is 16.8 Å². The molecule has 8 heteroatoms. The van der Waals surface area contributed by atoms with Gasteiger partial charge in [0.05, 0.1) is 24.4 Å². The summed E-state index contributed by atoms with van der Waals surface area (Å²) in [6.45, 7) is 5.36. The van der Waals surface area contributed by atoms with E-state index in [4.69, 9.17) is 21.1 Å². The Balaban J connectivity index is 1.71. The number of amides is 1. The Morgan fingerprint density at radius 3 is 2.67 bits per heavy atom. The van der Waals surface area contributed by atoms with Gasteiger partial charge in [0, 0.05) is 36.1 Å². The Morgan fingerprint density at radius 1 is 1.13 bits per heavy atom. The Morgan fingerprint density at radius 2 is 1.90 bits per heavy atom. The van der Waals surface area contributed by atoms with E-state index in [9.17, 15) is 4.79 Å². The zero-order chi connectivity index (χ0) is 21.5. The van der Waals surface area contributed by atoms with E-state index in [1.54, 1.807) is 18.0 Å². The first-order valence-corrected chi connectivity index (χ1v) is 10.00. The molecule has 3 aromatic rings. The highest BCUT2D eigenvalue weighted by Gasteiger charge is 2.19. The van der Waals surface area contributed by atoms with Gasteiger partial charge in [-0.3, -0.25) is 9.48 Å². The summed E-state index contributed by atoms with van der Waals surface area (Å²) in [5, 5.41) is 8.16. The van der Waals surface area contributed by atoms with Crippen molar-refractivity contribution in [3.63, 3.8) is 0 Å². The van der Waals surface area contributed by atoms with Crippen LogP contribution in [0.4, 0.5) is 0 Å². The van der Waals surface area contributed by atoms with Crippen LogP contribution in [0.2, 0.25) is 5.02 Å². The maximum Gasteiger partial charge on any atom is 0.255 e. The molecule has 0 saturated heterocycles. The standard InChI is InChI=1S/C22H25ClN4O3/c1-15-20(16(2)27(26-15)14-18-7-4-5-9-19(18)23)21(28)25-13-17-8-6-10-24-22(17)30-12-11-29-3/h4-10H,11-14H2,1-3H3,(H,25,28). The fourth-order valence-electron chi connectivity index (χ4n) is 3.14. The summed E-state index contributed by atoms with van der Waals surface area (Å²) >= 11 is 6.27. The molecular weight excluding hydrogens is 404 g/mol. The lowest BCUT2D eigenvalue weighted by molar-refractivity contribution is 0.0948. The predicted molar refractivity (Wildman–Crippen MR) is 115 cm³/mol. The molecule has 0 spiro atoms. The third-order valence-corrected chi connectivity index (χ3v) is 5.07. The molecule has 0 atom stereocenters. The number of pyridine rings is 1. The second-order valence-corrected chi connectivity index (χ2v) is 7.19. The van der Waals surface area contributed by atoms with Crippen LogP contribution >= 0.6 is 11.6 Å². The normalized spacial score (nSPS) is 10.8. The van der Waals surface area contributed by atoms with Gasteiger partial charge < -0.3 is 14.8 Å². The monoisotopic (exact) mass is 428 g/mol. The molecule has 0 bridgehead atoms. The van der Waals surface area contributed by atoms with Crippen LogP contribution < -0.4 is 10.1 Å². The summed E-state index contributed by atoms with van der Waals surface area (Å²) < 4.78 is 12.4. The van der Waals surface area contributed by atoms with Crippen molar-refractivity contribution >= 4 is 17.5 Å². The lowest BCUT2D eigenvalue weighted by atomic mass is 10.1. The molecule has 1 amide bonds. The highest BCUT2D eigenvalue weighted by atomic mass is 35.5. The van der Waals surface area contributed by atoms with E-state index in [2.05, 4.69) is 15.4 Å². The number of hydrogen-bond acceptors (Lipinski definition) is 5. The largest absolute Gasteiger partial charge is 0.475 e. The molecule has 158 valence electrons. The molecule has 30 heavy (non-hydrogen) atoms. The molecule has 0 fully saturated rings. The molecular formula is C22H25ClN4O3. The van der Waals surface area contributed by atoms with Crippen LogP contribution in [0.25, 0.3) is 0 Å². The molecule has 0 saturated carbocycles. The Labute approximate surface area is 181 Å². The van der Waals surface area contributed by atoms with Gasteiger partial charge in [-0.2, -0.15) is 5.10 Å². The first-order valence-electron chi connectivity index (χ1n) is 9.62. The molecule has 0 unspecified atom stereocenters. The minimum atomic E-state index is -0.192. The fourth-order valence-corrected chi connectivity index (χ4v) is 3.34. The number of ether oxygens (including phenoxy) is 2. The number of halogens is 1. The topological polar surface area (TPSA) is 78.3 Å². The van der Waals surface area contributed by atoms with Gasteiger partial charge in [-0.25, -0.2) is 4.98 Å². The van der Waals surface area contributed by atoms with Crippen LogP contribution in [-0.4, -0.2) is 41.0 Å². The van der Waals surface area contributed by atoms with Crippen LogP contribution in [0.15, 0.2) is 42.6 Å². The number of carbonyl (C=O) groups excluding carboxylic acids is 1. The van der Waals surface area contributed by atoms with Gasteiger partial charge in [0.1, 0.15) is 6.61 Å². The van der Waals surface area contributed by atoms with Crippen molar-refractivity contribution in [2.45, 2.75) is 26.9 Å². The summed E-state index contributed by atoms with van der Waals surface area (Å²) in [7, 11) is 1.61. The third kappa shape index (κ3) is 5.17. The molecule has 1 aromatic carbocycles. The van der Waals surface area contributed by atoms with Crippen LogP contribution in [0.1, 0.15) is 32.9 Å². The zero-order valence-corrected chi connectivity index (χ0v) is 18.1. The van der Waals surface area contributed by atoms with Gasteiger partial charge in [-0.1, -0.05) is 35.9 Å². The van der Waals surface area contributed by atoms with Gasteiger partial charge >= 0.3 is 0 Å². The molecule has 3 rings (SSSR count). The summed E-state index contributed by atoms with van der Waals surface area (Å²) in [6.07, 6.45) is 1.65. The number of methoxy groups -OCH3 is 1. The Bertz CT molecular complexity index is 1020. The number of benzene rings is 1. The lowest BCUT2D eigenvalue weighted by Gasteiger charge is -2.11. The van der Waals surface area contributed by atoms with Crippen molar-refractivity contribution in [1.82, 2.24) is 20.1 Å². The van der Waals surface area contributed by atoms with E-state index < -0.39 is 0 Å². The second-order valence-electron chi connectivity index (χ2n) is 6.79. The van der Waals surface area contributed by atoms with Gasteiger partial charge in [0.15, 0.2) is 0 Å². The predicted octanol–water partition coefficient (Wildman–Crippen LogP) is 3.55. The van der Waals surface area contributed by atoms with Crippen molar-refractivity contribution in [2.75, 3.05) is 20.3 Å². The van der Waals surface area contributed by atoms with Crippen molar-refractivity contribution in [3.8, 4) is 5.88 Å². The molecule has 7 nitrogen and oxygen atoms in total. The quantitative estimate of drug-likeness (QED) is 0.527. The van der Waals surface area contributed by atoms with E-state index in [-0.39, 0.29) is 5.91 Å². The molecule has 1 N–H and O–H groups in total. The first kappa shape index (κ1) is 21.8. The van der Waals surface area contributed by atoms with Gasteiger partial charge in [-0.15, -0.1) is 0 Å². The smallest absolute Gasteiger partial charge is 0.255 e. The Hall–Kier alpha value is -2.90. The fraction of sp³-hybridized carbons (Fsp3) is 0.318. The van der Waals surface area contributed by atoms with E-state index in [0.29, 0.717) is 48.5 Å². The van der Waals surface area contributed by atoms with Gasteiger partial charge in [0.25, 0.3) is 5.91 Å². The van der Waals surface area contributed by atoms with Crippen LogP contribution in [0.3, 0.4) is 0 Å². The summed E-state index contributed by atoms with van der Waals surface area (Å²) in [6, 6.07) is 11.3. The average molecular weight is 429 g/mol. The zero-order valence-electron chi connectivity index (χ0n) is 17.3. The van der Waals surface area contributed by atoms with E-state index >= 15 is 0 Å². The minimum Gasteiger partial charge on any atom is -0.475 e. The molecule has 0 aliphatic carbocycles. The molecule has 2 heterocycles. The number of hydrogen-bond donors (Lipinski definition) is 1. The van der Waals surface area contributed by atoms with Crippen molar-refractivity contribution in [2.24, 2.45) is 0 Å². The van der Waals surface area contributed by atoms with Crippen molar-refractivity contribution in [3.05, 3.63) is 75.7 Å². The first-order chi connectivity index (χ1) is 14.5. The van der Waals surface area contributed by atoms with E-state index in [1.165, 1.54) is 0 Å². The number of aromatic nitrogens is 3. The highest BCUT2D eigenvalue weighted by molar-refractivity contribution is 6.31.